The summed E-state index contributed by atoms with van der Waals surface area (Å²) >= 11 is 0. The summed E-state index contributed by atoms with van der Waals surface area (Å²) in [7, 11) is 0. The van der Waals surface area contributed by atoms with Crippen LogP contribution in [0.25, 0.3) is 0 Å². The van der Waals surface area contributed by atoms with Gasteiger partial charge in [-0.2, -0.15) is 0 Å². The standard InChI is InChI=1S/C24H31FN2O3/c1-17(2)21-9-4-18(3)14-23(21)30-16-24(28)26-15-22(27-10-12-29-13-11-27)19-5-7-20(25)8-6-19/h4-9,14,17,22H,10-13,15-16H2,1-3H3,(H,26,28)/p+1/t22-/m0/s1. The number of rotatable bonds is 8. The number of nitrogens with one attached hydrogen (secondary N) is 2. The van der Waals surface area contributed by atoms with Gasteiger partial charge in [0.2, 0.25) is 0 Å². The molecule has 2 aromatic carbocycles. The highest BCUT2D eigenvalue weighted by atomic mass is 19.1. The minimum atomic E-state index is -0.258. The Hall–Kier alpha value is -2.44. The van der Waals surface area contributed by atoms with Crippen LogP contribution in [-0.4, -0.2) is 45.4 Å². The lowest BCUT2D eigenvalue weighted by atomic mass is 10.0. The minimum absolute atomic E-state index is 0.0300. The van der Waals surface area contributed by atoms with Crippen molar-refractivity contribution in [2.75, 3.05) is 39.5 Å². The number of morpholine rings is 1. The maximum absolute atomic E-state index is 13.4. The Morgan fingerprint density at radius 2 is 1.87 bits per heavy atom. The Morgan fingerprint density at radius 1 is 1.17 bits per heavy atom. The molecule has 0 saturated carbocycles. The van der Waals surface area contributed by atoms with Crippen molar-refractivity contribution >= 4 is 5.91 Å². The first-order valence-electron chi connectivity index (χ1n) is 10.6. The van der Waals surface area contributed by atoms with Gasteiger partial charge in [0.25, 0.3) is 5.91 Å². The number of benzene rings is 2. The molecule has 1 heterocycles. The summed E-state index contributed by atoms with van der Waals surface area (Å²) < 4.78 is 24.7. The predicted molar refractivity (Wildman–Crippen MR) is 114 cm³/mol. The van der Waals surface area contributed by atoms with Gasteiger partial charge in [-0.3, -0.25) is 4.79 Å². The lowest BCUT2D eigenvalue weighted by Crippen LogP contribution is -3.15. The number of carbonyl (C=O) groups is 1. The highest BCUT2D eigenvalue weighted by Gasteiger charge is 2.27. The molecular weight excluding hydrogens is 383 g/mol. The first-order valence-corrected chi connectivity index (χ1v) is 10.6. The molecule has 0 bridgehead atoms. The molecule has 0 unspecified atom stereocenters. The van der Waals surface area contributed by atoms with E-state index in [1.165, 1.54) is 17.0 Å². The first-order chi connectivity index (χ1) is 14.4. The van der Waals surface area contributed by atoms with Gasteiger partial charge in [-0.25, -0.2) is 4.39 Å². The fourth-order valence-electron chi connectivity index (χ4n) is 3.83. The summed E-state index contributed by atoms with van der Waals surface area (Å²) in [6.45, 7) is 9.75. The lowest BCUT2D eigenvalue weighted by molar-refractivity contribution is -0.937. The van der Waals surface area contributed by atoms with E-state index in [-0.39, 0.29) is 24.4 Å². The lowest BCUT2D eigenvalue weighted by Gasteiger charge is -2.32. The van der Waals surface area contributed by atoms with Gasteiger partial charge in [-0.05, 0) is 42.2 Å². The molecule has 6 heteroatoms. The minimum Gasteiger partial charge on any atom is -0.483 e. The van der Waals surface area contributed by atoms with E-state index in [2.05, 4.69) is 31.3 Å². The third-order valence-corrected chi connectivity index (χ3v) is 5.55. The Bertz CT molecular complexity index is 833. The second kappa shape index (κ2) is 10.5. The zero-order valence-electron chi connectivity index (χ0n) is 18.0. The van der Waals surface area contributed by atoms with E-state index in [1.54, 1.807) is 12.1 Å². The molecule has 1 aliphatic rings. The van der Waals surface area contributed by atoms with E-state index in [4.69, 9.17) is 9.47 Å². The molecule has 0 aromatic heterocycles. The van der Waals surface area contributed by atoms with E-state index < -0.39 is 0 Å². The number of halogens is 1. The van der Waals surface area contributed by atoms with Crippen LogP contribution >= 0.6 is 0 Å². The second-order valence-corrected chi connectivity index (χ2v) is 8.16. The van der Waals surface area contributed by atoms with Gasteiger partial charge in [0.1, 0.15) is 30.7 Å². The average Bonchev–Trinajstić information content (AvgIpc) is 2.74. The van der Waals surface area contributed by atoms with Gasteiger partial charge in [0, 0.05) is 5.56 Å². The number of aryl methyl sites for hydroxylation is 1. The number of amides is 1. The number of hydrogen-bond acceptors (Lipinski definition) is 3. The van der Waals surface area contributed by atoms with Crippen molar-refractivity contribution in [3.8, 4) is 5.75 Å². The molecule has 1 aliphatic heterocycles. The fraction of sp³-hybridized carbons (Fsp3) is 0.458. The van der Waals surface area contributed by atoms with Crippen LogP contribution < -0.4 is 15.0 Å². The Kier molecular flexibility index (Phi) is 7.82. The number of ether oxygens (including phenoxy) is 2. The van der Waals surface area contributed by atoms with Crippen molar-refractivity contribution in [1.82, 2.24) is 5.32 Å². The smallest absolute Gasteiger partial charge is 0.258 e. The van der Waals surface area contributed by atoms with E-state index in [0.717, 1.165) is 35.5 Å². The zero-order valence-corrected chi connectivity index (χ0v) is 18.0. The normalized spacial score (nSPS) is 15.8. The third kappa shape index (κ3) is 6.03. The van der Waals surface area contributed by atoms with Crippen molar-refractivity contribution in [2.24, 2.45) is 0 Å². The van der Waals surface area contributed by atoms with Crippen LogP contribution in [-0.2, 0) is 9.53 Å². The van der Waals surface area contributed by atoms with Crippen molar-refractivity contribution in [2.45, 2.75) is 32.7 Å². The number of hydrogen-bond donors (Lipinski definition) is 2. The summed E-state index contributed by atoms with van der Waals surface area (Å²) in [5.41, 5.74) is 3.20. The highest BCUT2D eigenvalue weighted by molar-refractivity contribution is 5.77. The Morgan fingerprint density at radius 3 is 2.53 bits per heavy atom. The Labute approximate surface area is 178 Å². The van der Waals surface area contributed by atoms with Crippen LogP contribution in [0, 0.1) is 12.7 Å². The summed E-state index contributed by atoms with van der Waals surface area (Å²) in [6.07, 6.45) is 0. The second-order valence-electron chi connectivity index (χ2n) is 8.16. The van der Waals surface area contributed by atoms with Crippen LogP contribution in [0.3, 0.4) is 0 Å². The quantitative estimate of drug-likeness (QED) is 0.696. The molecule has 0 spiro atoms. The van der Waals surface area contributed by atoms with Crippen LogP contribution in [0.4, 0.5) is 4.39 Å². The summed E-state index contributed by atoms with van der Waals surface area (Å²) in [5, 5.41) is 3.01. The molecule has 162 valence electrons. The molecule has 30 heavy (non-hydrogen) atoms. The average molecular weight is 416 g/mol. The summed E-state index contributed by atoms with van der Waals surface area (Å²) in [6, 6.07) is 12.7. The monoisotopic (exact) mass is 415 g/mol. The van der Waals surface area contributed by atoms with Crippen LogP contribution in [0.2, 0.25) is 0 Å². The van der Waals surface area contributed by atoms with Gasteiger partial charge in [-0.1, -0.05) is 38.1 Å². The van der Waals surface area contributed by atoms with E-state index in [1.807, 2.05) is 13.0 Å². The van der Waals surface area contributed by atoms with Crippen LogP contribution in [0.15, 0.2) is 42.5 Å². The van der Waals surface area contributed by atoms with E-state index >= 15 is 0 Å². The molecule has 5 nitrogen and oxygen atoms in total. The maximum atomic E-state index is 13.4. The molecule has 1 amide bonds. The molecule has 3 rings (SSSR count). The van der Waals surface area contributed by atoms with Crippen molar-refractivity contribution < 1.29 is 23.6 Å². The molecule has 2 N–H and O–H groups in total. The number of carbonyl (C=O) groups excluding carboxylic acids is 1. The topological polar surface area (TPSA) is 52.0 Å². The van der Waals surface area contributed by atoms with Gasteiger partial charge in [0.15, 0.2) is 6.61 Å². The van der Waals surface area contributed by atoms with E-state index in [0.29, 0.717) is 25.7 Å². The largest absolute Gasteiger partial charge is 0.483 e. The third-order valence-electron chi connectivity index (χ3n) is 5.55. The van der Waals surface area contributed by atoms with Crippen LogP contribution in [0.5, 0.6) is 5.75 Å². The maximum Gasteiger partial charge on any atom is 0.258 e. The van der Waals surface area contributed by atoms with Gasteiger partial charge >= 0.3 is 0 Å². The number of quaternary nitrogens is 1. The van der Waals surface area contributed by atoms with Crippen molar-refractivity contribution in [3.63, 3.8) is 0 Å². The highest BCUT2D eigenvalue weighted by Crippen LogP contribution is 2.27. The van der Waals surface area contributed by atoms with Crippen molar-refractivity contribution in [1.29, 1.82) is 0 Å². The van der Waals surface area contributed by atoms with Crippen molar-refractivity contribution in [3.05, 3.63) is 65.0 Å². The summed E-state index contributed by atoms with van der Waals surface area (Å²) in [4.78, 5) is 13.9. The SMILES string of the molecule is Cc1ccc(C(C)C)c(OCC(=O)NC[C@@H](c2ccc(F)cc2)[NH+]2CCOCC2)c1. The van der Waals surface area contributed by atoms with E-state index in [9.17, 15) is 9.18 Å². The molecule has 2 aromatic rings. The Balaban J connectivity index is 1.62. The van der Waals surface area contributed by atoms with Gasteiger partial charge in [-0.15, -0.1) is 0 Å². The molecule has 1 fully saturated rings. The van der Waals surface area contributed by atoms with Gasteiger partial charge in [0.05, 0.1) is 19.8 Å². The molecule has 0 aliphatic carbocycles. The summed E-state index contributed by atoms with van der Waals surface area (Å²) in [5.74, 6) is 0.655. The molecular formula is C24H32FN2O3+. The van der Waals surface area contributed by atoms with Crippen LogP contribution in [0.1, 0.15) is 42.5 Å². The fourth-order valence-corrected chi connectivity index (χ4v) is 3.83. The molecule has 1 saturated heterocycles. The first kappa shape index (κ1) is 22.2. The molecule has 0 radical (unpaired) electrons. The van der Waals surface area contributed by atoms with Gasteiger partial charge < -0.3 is 19.7 Å². The zero-order chi connectivity index (χ0) is 21.5. The molecule has 1 atom stereocenters. The predicted octanol–water partition coefficient (Wildman–Crippen LogP) is 2.41.